The van der Waals surface area contributed by atoms with Gasteiger partial charge in [-0.3, -0.25) is 19.4 Å². The highest BCUT2D eigenvalue weighted by molar-refractivity contribution is 7.71. The number of nitrogens with zero attached hydrogens (tertiary/aromatic N) is 5. The van der Waals surface area contributed by atoms with E-state index < -0.39 is 0 Å². The summed E-state index contributed by atoms with van der Waals surface area (Å²) in [7, 11) is 0. The van der Waals surface area contributed by atoms with Crippen LogP contribution in [0.25, 0.3) is 0 Å². The van der Waals surface area contributed by atoms with Gasteiger partial charge in [-0.15, -0.1) is 0 Å². The van der Waals surface area contributed by atoms with Gasteiger partial charge >= 0.3 is 0 Å². The summed E-state index contributed by atoms with van der Waals surface area (Å²) in [5.41, 5.74) is 1.87. The van der Waals surface area contributed by atoms with Gasteiger partial charge in [0.15, 0.2) is 4.77 Å². The number of carbonyl (C=O) groups is 1. The second kappa shape index (κ2) is 9.62. The molecule has 0 unspecified atom stereocenters. The number of benzene rings is 1. The molecular formula is C20H26N6OS. The number of aromatic amines is 1. The summed E-state index contributed by atoms with van der Waals surface area (Å²) >= 11 is 5.29. The number of amides is 1. The molecule has 1 N–H and O–H groups in total. The molecule has 1 amide bonds. The lowest BCUT2D eigenvalue weighted by Crippen LogP contribution is -2.37. The molecule has 1 aliphatic rings. The molecule has 7 nitrogen and oxygen atoms in total. The largest absolute Gasteiger partial charge is 0.340 e. The number of rotatable bonds is 6. The molecule has 8 heteroatoms. The Balaban J connectivity index is 1.57. The Kier molecular flexibility index (Phi) is 6.95. The van der Waals surface area contributed by atoms with E-state index in [1.54, 1.807) is 0 Å². The van der Waals surface area contributed by atoms with Gasteiger partial charge in [-0.05, 0) is 42.8 Å². The van der Waals surface area contributed by atoms with Crippen LogP contribution in [0, 0.1) is 16.1 Å². The van der Waals surface area contributed by atoms with Crippen LogP contribution in [-0.2, 0) is 24.3 Å². The molecule has 1 saturated heterocycles. The summed E-state index contributed by atoms with van der Waals surface area (Å²) in [5, 5.41) is 16.0. The third-order valence-corrected chi connectivity index (χ3v) is 5.35. The summed E-state index contributed by atoms with van der Waals surface area (Å²) in [4.78, 5) is 17.1. The Bertz CT molecular complexity index is 895. The van der Waals surface area contributed by atoms with Crippen LogP contribution in [0.15, 0.2) is 24.3 Å². The van der Waals surface area contributed by atoms with Gasteiger partial charge in [-0.1, -0.05) is 19.1 Å². The number of nitrogens with one attached hydrogen (secondary N) is 1. The first kappa shape index (κ1) is 20.2. The molecule has 0 bridgehead atoms. The number of carbonyl (C=O) groups excluding carboxylic acids is 1. The van der Waals surface area contributed by atoms with Crippen LogP contribution in [0.2, 0.25) is 0 Å². The van der Waals surface area contributed by atoms with Gasteiger partial charge in [0.1, 0.15) is 12.4 Å². The molecule has 3 rings (SSSR count). The fraction of sp³-hybridized carbons (Fsp3) is 0.500. The second-order valence-corrected chi connectivity index (χ2v) is 7.49. The van der Waals surface area contributed by atoms with Crippen molar-refractivity contribution in [2.24, 2.45) is 0 Å². The van der Waals surface area contributed by atoms with E-state index in [0.717, 1.165) is 51.3 Å². The molecule has 28 heavy (non-hydrogen) atoms. The molecule has 2 heterocycles. The van der Waals surface area contributed by atoms with E-state index in [0.29, 0.717) is 16.9 Å². The van der Waals surface area contributed by atoms with Crippen molar-refractivity contribution >= 4 is 18.1 Å². The molecule has 0 atom stereocenters. The summed E-state index contributed by atoms with van der Waals surface area (Å²) in [6.07, 6.45) is 2.71. The van der Waals surface area contributed by atoms with E-state index in [-0.39, 0.29) is 12.5 Å². The maximum atomic E-state index is 12.8. The first-order valence-corrected chi connectivity index (χ1v) is 10.1. The van der Waals surface area contributed by atoms with Gasteiger partial charge in [-0.2, -0.15) is 10.4 Å². The standard InChI is InChI=1S/C20H26N6OS/c1-2-4-18-22-23-20(28)26(18)15-19(27)25-10-3-9-24(11-12-25)14-17-7-5-16(13-21)6-8-17/h5-8H,2-4,9-12,14-15H2,1H3,(H,23,28). The fourth-order valence-corrected chi connectivity index (χ4v) is 3.70. The van der Waals surface area contributed by atoms with E-state index in [1.165, 1.54) is 5.56 Å². The zero-order valence-corrected chi connectivity index (χ0v) is 17.0. The van der Waals surface area contributed by atoms with Crippen molar-refractivity contribution in [1.29, 1.82) is 5.26 Å². The minimum atomic E-state index is 0.0927. The Morgan fingerprint density at radius 1 is 1.25 bits per heavy atom. The minimum Gasteiger partial charge on any atom is -0.340 e. The SMILES string of the molecule is CCCc1n[nH]c(=S)n1CC(=O)N1CCCN(Cc2ccc(C#N)cc2)CC1. The Morgan fingerprint density at radius 2 is 2.04 bits per heavy atom. The smallest absolute Gasteiger partial charge is 0.242 e. The van der Waals surface area contributed by atoms with Gasteiger partial charge in [0, 0.05) is 39.1 Å². The monoisotopic (exact) mass is 398 g/mol. The first-order valence-electron chi connectivity index (χ1n) is 9.74. The fourth-order valence-electron chi connectivity index (χ4n) is 3.48. The number of hydrogen-bond donors (Lipinski definition) is 1. The van der Waals surface area contributed by atoms with E-state index in [4.69, 9.17) is 17.5 Å². The van der Waals surface area contributed by atoms with E-state index in [9.17, 15) is 4.79 Å². The topological polar surface area (TPSA) is 81.0 Å². The highest BCUT2D eigenvalue weighted by Crippen LogP contribution is 2.11. The van der Waals surface area contributed by atoms with Crippen LogP contribution >= 0.6 is 12.2 Å². The molecule has 1 aromatic heterocycles. The van der Waals surface area contributed by atoms with Crippen molar-refractivity contribution in [1.82, 2.24) is 24.6 Å². The van der Waals surface area contributed by atoms with Gasteiger partial charge in [0.25, 0.3) is 0 Å². The number of aryl methyl sites for hydroxylation is 1. The minimum absolute atomic E-state index is 0.0927. The van der Waals surface area contributed by atoms with Crippen LogP contribution in [0.5, 0.6) is 0 Å². The van der Waals surface area contributed by atoms with Crippen LogP contribution in [0.1, 0.15) is 36.7 Å². The summed E-state index contributed by atoms with van der Waals surface area (Å²) in [6.45, 7) is 6.43. The second-order valence-electron chi connectivity index (χ2n) is 7.10. The summed E-state index contributed by atoms with van der Waals surface area (Å²) < 4.78 is 2.33. The Morgan fingerprint density at radius 3 is 2.75 bits per heavy atom. The van der Waals surface area contributed by atoms with E-state index in [2.05, 4.69) is 28.1 Å². The Labute approximate surface area is 170 Å². The van der Waals surface area contributed by atoms with Crippen molar-refractivity contribution < 1.29 is 4.79 Å². The van der Waals surface area contributed by atoms with Crippen molar-refractivity contribution in [3.05, 3.63) is 46.0 Å². The zero-order chi connectivity index (χ0) is 19.9. The van der Waals surface area contributed by atoms with E-state index in [1.807, 2.05) is 33.7 Å². The van der Waals surface area contributed by atoms with Crippen molar-refractivity contribution in [2.45, 2.75) is 39.3 Å². The number of H-pyrrole nitrogens is 1. The zero-order valence-electron chi connectivity index (χ0n) is 16.2. The molecule has 148 valence electrons. The molecule has 1 aliphatic heterocycles. The lowest BCUT2D eigenvalue weighted by atomic mass is 10.1. The third-order valence-electron chi connectivity index (χ3n) is 5.03. The lowest BCUT2D eigenvalue weighted by molar-refractivity contribution is -0.131. The highest BCUT2D eigenvalue weighted by Gasteiger charge is 2.20. The molecule has 2 aromatic rings. The summed E-state index contributed by atoms with van der Waals surface area (Å²) in [5.74, 6) is 0.938. The summed E-state index contributed by atoms with van der Waals surface area (Å²) in [6, 6.07) is 9.86. The number of aromatic nitrogens is 3. The maximum Gasteiger partial charge on any atom is 0.242 e. The molecular weight excluding hydrogens is 372 g/mol. The van der Waals surface area contributed by atoms with Gasteiger partial charge in [0.2, 0.25) is 5.91 Å². The van der Waals surface area contributed by atoms with Crippen LogP contribution in [-0.4, -0.2) is 56.7 Å². The van der Waals surface area contributed by atoms with Crippen molar-refractivity contribution in [2.75, 3.05) is 26.2 Å². The van der Waals surface area contributed by atoms with Crippen LogP contribution in [0.3, 0.4) is 0 Å². The lowest BCUT2D eigenvalue weighted by Gasteiger charge is -2.22. The third kappa shape index (κ3) is 5.06. The average Bonchev–Trinajstić information content (AvgIpc) is 2.91. The van der Waals surface area contributed by atoms with Crippen molar-refractivity contribution in [3.8, 4) is 6.07 Å². The molecule has 0 saturated carbocycles. The molecule has 0 spiro atoms. The predicted octanol–water partition coefficient (Wildman–Crippen LogP) is 2.50. The first-order chi connectivity index (χ1) is 13.6. The Hall–Kier alpha value is -2.50. The predicted molar refractivity (Wildman–Crippen MR) is 109 cm³/mol. The molecule has 0 radical (unpaired) electrons. The van der Waals surface area contributed by atoms with Gasteiger partial charge < -0.3 is 4.90 Å². The van der Waals surface area contributed by atoms with Crippen LogP contribution in [0.4, 0.5) is 0 Å². The van der Waals surface area contributed by atoms with Crippen LogP contribution < -0.4 is 0 Å². The highest BCUT2D eigenvalue weighted by atomic mass is 32.1. The maximum absolute atomic E-state index is 12.8. The van der Waals surface area contributed by atoms with Crippen molar-refractivity contribution in [3.63, 3.8) is 0 Å². The quantitative estimate of drug-likeness (QED) is 0.756. The normalized spacial score (nSPS) is 15.2. The molecule has 1 aromatic carbocycles. The average molecular weight is 399 g/mol. The number of hydrogen-bond acceptors (Lipinski definition) is 5. The molecule has 0 aliphatic carbocycles. The molecule has 1 fully saturated rings. The van der Waals surface area contributed by atoms with Gasteiger partial charge in [-0.25, -0.2) is 0 Å². The van der Waals surface area contributed by atoms with Gasteiger partial charge in [0.05, 0.1) is 11.6 Å². The number of nitriles is 1. The van der Waals surface area contributed by atoms with E-state index >= 15 is 0 Å².